The summed E-state index contributed by atoms with van der Waals surface area (Å²) >= 11 is 0. The molecule has 0 saturated carbocycles. The maximum absolute atomic E-state index is 12.3. The molecule has 0 aliphatic heterocycles. The number of halogens is 3. The quantitative estimate of drug-likeness (QED) is 0.720. The van der Waals surface area contributed by atoms with Crippen molar-refractivity contribution in [2.45, 2.75) is 6.18 Å². The molecule has 0 aromatic carbocycles. The third kappa shape index (κ3) is 2.44. The van der Waals surface area contributed by atoms with E-state index in [4.69, 9.17) is 10.2 Å². The fraction of sp³-hybridized carbons (Fsp3) is 0.125. The van der Waals surface area contributed by atoms with Crippen LogP contribution in [0.1, 0.15) is 26.4 Å². The standard InChI is InChI=1S/C8H4F3NO5/c9-8(10,11)4-2(6(14)15)1-3(7(16)17)5(13)12-4/h1H,(H,12,13)(H,14,15)(H,16,17). The van der Waals surface area contributed by atoms with Crippen molar-refractivity contribution in [1.82, 2.24) is 4.98 Å². The lowest BCUT2D eigenvalue weighted by atomic mass is 10.1. The number of carboxylic acids is 2. The van der Waals surface area contributed by atoms with Crippen molar-refractivity contribution >= 4 is 11.9 Å². The van der Waals surface area contributed by atoms with Crippen LogP contribution in [0.25, 0.3) is 0 Å². The SMILES string of the molecule is O=C(O)c1cc(C(=O)O)c(=O)[nH]c1C(F)(F)F. The highest BCUT2D eigenvalue weighted by Gasteiger charge is 2.37. The van der Waals surface area contributed by atoms with Gasteiger partial charge in [-0.1, -0.05) is 0 Å². The van der Waals surface area contributed by atoms with Crippen molar-refractivity contribution in [2.75, 3.05) is 0 Å². The van der Waals surface area contributed by atoms with E-state index in [-0.39, 0.29) is 6.07 Å². The van der Waals surface area contributed by atoms with Gasteiger partial charge in [-0.25, -0.2) is 9.59 Å². The first-order valence-corrected chi connectivity index (χ1v) is 3.95. The number of carboxylic acid groups (broad SMARTS) is 2. The number of hydrogen-bond donors (Lipinski definition) is 3. The first-order chi connectivity index (χ1) is 7.64. The Balaban J connectivity index is 3.65. The number of rotatable bonds is 2. The number of aromatic amines is 1. The molecule has 0 aliphatic carbocycles. The molecule has 0 saturated heterocycles. The summed E-state index contributed by atoms with van der Waals surface area (Å²) in [7, 11) is 0. The van der Waals surface area contributed by atoms with Crippen molar-refractivity contribution in [3.8, 4) is 0 Å². The average molecular weight is 251 g/mol. The lowest BCUT2D eigenvalue weighted by Crippen LogP contribution is -2.26. The Kier molecular flexibility index (Phi) is 2.94. The van der Waals surface area contributed by atoms with Crippen LogP contribution in [0.2, 0.25) is 0 Å². The Morgan fingerprint density at radius 3 is 1.94 bits per heavy atom. The normalized spacial score (nSPS) is 11.2. The Labute approximate surface area is 90.3 Å². The molecule has 92 valence electrons. The predicted molar refractivity (Wildman–Crippen MR) is 46.0 cm³/mol. The summed E-state index contributed by atoms with van der Waals surface area (Å²) in [6.45, 7) is 0. The van der Waals surface area contributed by atoms with Gasteiger partial charge in [0.05, 0.1) is 5.56 Å². The van der Waals surface area contributed by atoms with Crippen LogP contribution in [0.5, 0.6) is 0 Å². The molecule has 6 nitrogen and oxygen atoms in total. The molecule has 1 rings (SSSR count). The summed E-state index contributed by atoms with van der Waals surface area (Å²) in [6.07, 6.45) is -5.09. The molecule has 0 aliphatic rings. The first-order valence-electron chi connectivity index (χ1n) is 3.95. The van der Waals surface area contributed by atoms with Crippen molar-refractivity contribution in [3.63, 3.8) is 0 Å². The number of H-pyrrole nitrogens is 1. The maximum Gasteiger partial charge on any atom is 0.432 e. The number of carbonyl (C=O) groups is 2. The van der Waals surface area contributed by atoms with Gasteiger partial charge in [0.1, 0.15) is 11.3 Å². The van der Waals surface area contributed by atoms with Gasteiger partial charge < -0.3 is 15.2 Å². The number of nitrogens with one attached hydrogen (secondary N) is 1. The number of pyridine rings is 1. The molecular weight excluding hydrogens is 247 g/mol. The Morgan fingerprint density at radius 2 is 1.59 bits per heavy atom. The zero-order chi connectivity index (χ0) is 13.4. The molecule has 0 radical (unpaired) electrons. The second-order valence-corrected chi connectivity index (χ2v) is 2.91. The lowest BCUT2D eigenvalue weighted by Gasteiger charge is -2.09. The molecule has 0 amide bonds. The maximum atomic E-state index is 12.3. The molecule has 9 heteroatoms. The molecule has 0 atom stereocenters. The summed E-state index contributed by atoms with van der Waals surface area (Å²) in [4.78, 5) is 33.2. The highest BCUT2D eigenvalue weighted by atomic mass is 19.4. The topological polar surface area (TPSA) is 107 Å². The van der Waals surface area contributed by atoms with E-state index in [0.717, 1.165) is 0 Å². The van der Waals surface area contributed by atoms with Crippen molar-refractivity contribution in [3.05, 3.63) is 33.2 Å². The summed E-state index contributed by atoms with van der Waals surface area (Å²) in [5.41, 5.74) is -5.71. The van der Waals surface area contributed by atoms with Crippen LogP contribution in [-0.4, -0.2) is 27.1 Å². The Morgan fingerprint density at radius 1 is 1.12 bits per heavy atom. The minimum atomic E-state index is -5.09. The average Bonchev–Trinajstić information content (AvgIpc) is 2.14. The predicted octanol–water partition coefficient (Wildman–Crippen LogP) is 0.790. The number of aromatic nitrogens is 1. The van der Waals surface area contributed by atoms with E-state index >= 15 is 0 Å². The molecule has 17 heavy (non-hydrogen) atoms. The molecule has 0 spiro atoms. The van der Waals surface area contributed by atoms with E-state index in [1.165, 1.54) is 4.98 Å². The minimum absolute atomic E-state index is 0.173. The molecular formula is C8H4F3NO5. The van der Waals surface area contributed by atoms with Gasteiger partial charge in [-0.15, -0.1) is 0 Å². The number of hydrogen-bond acceptors (Lipinski definition) is 3. The van der Waals surface area contributed by atoms with Crippen LogP contribution in [0, 0.1) is 0 Å². The number of alkyl halides is 3. The van der Waals surface area contributed by atoms with Crippen LogP contribution in [-0.2, 0) is 6.18 Å². The van der Waals surface area contributed by atoms with Crippen molar-refractivity contribution < 1.29 is 33.0 Å². The number of aromatic carboxylic acids is 2. The first kappa shape index (κ1) is 12.7. The van der Waals surface area contributed by atoms with Gasteiger partial charge in [0.2, 0.25) is 0 Å². The van der Waals surface area contributed by atoms with Crippen LogP contribution in [0.3, 0.4) is 0 Å². The van der Waals surface area contributed by atoms with Crippen LogP contribution >= 0.6 is 0 Å². The zero-order valence-corrected chi connectivity index (χ0v) is 7.83. The third-order valence-electron chi connectivity index (χ3n) is 1.79. The highest BCUT2D eigenvalue weighted by Crippen LogP contribution is 2.29. The molecule has 0 unspecified atom stereocenters. The molecule has 1 heterocycles. The second kappa shape index (κ2) is 3.92. The van der Waals surface area contributed by atoms with Gasteiger partial charge in [-0.2, -0.15) is 13.2 Å². The highest BCUT2D eigenvalue weighted by molar-refractivity contribution is 5.94. The van der Waals surface area contributed by atoms with E-state index in [1.807, 2.05) is 0 Å². The van der Waals surface area contributed by atoms with Crippen molar-refractivity contribution in [2.24, 2.45) is 0 Å². The molecule has 1 aromatic rings. The van der Waals surface area contributed by atoms with E-state index < -0.39 is 40.5 Å². The Hall–Kier alpha value is -2.32. The molecule has 0 fully saturated rings. The van der Waals surface area contributed by atoms with Crippen LogP contribution in [0.4, 0.5) is 13.2 Å². The van der Waals surface area contributed by atoms with Gasteiger partial charge in [0.15, 0.2) is 0 Å². The zero-order valence-electron chi connectivity index (χ0n) is 7.83. The largest absolute Gasteiger partial charge is 0.478 e. The van der Waals surface area contributed by atoms with Crippen molar-refractivity contribution in [1.29, 1.82) is 0 Å². The van der Waals surface area contributed by atoms with E-state index in [0.29, 0.717) is 0 Å². The van der Waals surface area contributed by atoms with Gasteiger partial charge in [0.25, 0.3) is 5.56 Å². The van der Waals surface area contributed by atoms with Gasteiger partial charge in [0, 0.05) is 0 Å². The van der Waals surface area contributed by atoms with E-state index in [2.05, 4.69) is 0 Å². The summed E-state index contributed by atoms with van der Waals surface area (Å²) in [5.74, 6) is -3.81. The van der Waals surface area contributed by atoms with Crippen LogP contribution < -0.4 is 5.56 Å². The van der Waals surface area contributed by atoms with E-state index in [9.17, 15) is 27.6 Å². The second-order valence-electron chi connectivity index (χ2n) is 2.91. The smallest absolute Gasteiger partial charge is 0.432 e. The monoisotopic (exact) mass is 251 g/mol. The Bertz CT molecular complexity index is 545. The van der Waals surface area contributed by atoms with Gasteiger partial charge in [-0.05, 0) is 6.07 Å². The van der Waals surface area contributed by atoms with Gasteiger partial charge >= 0.3 is 18.1 Å². The van der Waals surface area contributed by atoms with Gasteiger partial charge in [-0.3, -0.25) is 4.79 Å². The molecule has 0 bridgehead atoms. The fourth-order valence-electron chi connectivity index (χ4n) is 1.08. The summed E-state index contributed by atoms with van der Waals surface area (Å²) in [6, 6.07) is 0.173. The molecule has 3 N–H and O–H groups in total. The van der Waals surface area contributed by atoms with E-state index in [1.54, 1.807) is 0 Å². The third-order valence-corrected chi connectivity index (χ3v) is 1.79. The fourth-order valence-corrected chi connectivity index (χ4v) is 1.08. The summed E-state index contributed by atoms with van der Waals surface area (Å²) in [5, 5.41) is 17.0. The molecule has 1 aromatic heterocycles. The lowest BCUT2D eigenvalue weighted by molar-refractivity contribution is -0.141. The summed E-state index contributed by atoms with van der Waals surface area (Å²) < 4.78 is 37.0. The van der Waals surface area contributed by atoms with Crippen LogP contribution in [0.15, 0.2) is 10.9 Å². The minimum Gasteiger partial charge on any atom is -0.478 e.